The van der Waals surface area contributed by atoms with Gasteiger partial charge in [0, 0.05) is 43.4 Å². The Labute approximate surface area is 172 Å². The Hall–Kier alpha value is -2.81. The fraction of sp³-hybridized carbons (Fsp3) is 0.476. The van der Waals surface area contributed by atoms with E-state index in [1.165, 1.54) is 32.1 Å². The summed E-state index contributed by atoms with van der Waals surface area (Å²) in [7, 11) is 1.33. The molecule has 0 spiro atoms. The quantitative estimate of drug-likeness (QED) is 0.725. The van der Waals surface area contributed by atoms with Gasteiger partial charge >= 0.3 is 5.97 Å². The van der Waals surface area contributed by atoms with Gasteiger partial charge in [0.25, 0.3) is 5.91 Å². The molecule has 1 aromatic carbocycles. The number of halogens is 2. The monoisotopic (exact) mass is 419 g/mol. The number of amides is 1. The summed E-state index contributed by atoms with van der Waals surface area (Å²) in [5.41, 5.74) is 0.112. The largest absolute Gasteiger partial charge is 0.469 e. The minimum Gasteiger partial charge on any atom is -0.469 e. The smallest absolute Gasteiger partial charge is 0.312 e. The number of hydrogen-bond donors (Lipinski definition) is 1. The lowest BCUT2D eigenvalue weighted by Gasteiger charge is -2.37. The molecular formula is C21H23F2N3O4. The Morgan fingerprint density at radius 1 is 1.27 bits per heavy atom. The molecule has 1 N–H and O–H groups in total. The van der Waals surface area contributed by atoms with Crippen molar-refractivity contribution in [3.8, 4) is 11.3 Å². The maximum Gasteiger partial charge on any atom is 0.312 e. The fourth-order valence-corrected chi connectivity index (χ4v) is 3.86. The van der Waals surface area contributed by atoms with Crippen LogP contribution in [0.2, 0.25) is 0 Å². The molecule has 2 aliphatic rings. The van der Waals surface area contributed by atoms with E-state index in [4.69, 9.17) is 9.26 Å². The first-order valence-electron chi connectivity index (χ1n) is 9.97. The van der Waals surface area contributed by atoms with Crippen LogP contribution < -0.4 is 5.32 Å². The van der Waals surface area contributed by atoms with E-state index in [1.54, 1.807) is 0 Å². The summed E-state index contributed by atoms with van der Waals surface area (Å²) in [4.78, 5) is 27.2. The zero-order valence-electron chi connectivity index (χ0n) is 16.6. The summed E-state index contributed by atoms with van der Waals surface area (Å²) in [6.07, 6.45) is 3.05. The summed E-state index contributed by atoms with van der Waals surface area (Å²) in [6.45, 7) is 2.26. The van der Waals surface area contributed by atoms with Gasteiger partial charge in [0.1, 0.15) is 17.3 Å². The lowest BCUT2D eigenvalue weighted by molar-refractivity contribution is -0.148. The van der Waals surface area contributed by atoms with Gasteiger partial charge in [0.05, 0.1) is 13.0 Å². The van der Waals surface area contributed by atoms with E-state index in [0.717, 1.165) is 25.2 Å². The normalized spacial score (nSPS) is 22.0. The van der Waals surface area contributed by atoms with Crippen molar-refractivity contribution in [3.63, 3.8) is 0 Å². The van der Waals surface area contributed by atoms with E-state index >= 15 is 0 Å². The number of likely N-dealkylation sites (tertiary alicyclic amines) is 1. The third-order valence-electron chi connectivity index (χ3n) is 5.67. The molecule has 0 radical (unpaired) electrons. The highest BCUT2D eigenvalue weighted by Gasteiger charge is 2.38. The summed E-state index contributed by atoms with van der Waals surface area (Å²) < 4.78 is 37.0. The highest BCUT2D eigenvalue weighted by atomic mass is 19.1. The topological polar surface area (TPSA) is 84.7 Å². The maximum atomic E-state index is 14.0. The third kappa shape index (κ3) is 4.51. The predicted octanol–water partition coefficient (Wildman–Crippen LogP) is 2.62. The van der Waals surface area contributed by atoms with Crippen molar-refractivity contribution in [1.29, 1.82) is 0 Å². The number of carbonyl (C=O) groups is 2. The summed E-state index contributed by atoms with van der Waals surface area (Å²) in [5.74, 6) is -2.32. The first-order chi connectivity index (χ1) is 14.4. The SMILES string of the molecule is COC(=O)C1CN(CC2CC2)CCC1NC(=O)c1cc(-c2ccc(F)cc2F)no1. The standard InChI is InChI=1S/C21H23F2N3O4/c1-29-21(28)15-11-26(10-12-2-3-12)7-6-17(15)24-20(27)19-9-18(25-30-19)14-5-4-13(22)8-16(14)23/h4-5,8-9,12,15,17H,2-3,6-7,10-11H2,1H3,(H,24,27). The van der Waals surface area contributed by atoms with Crippen molar-refractivity contribution in [2.45, 2.75) is 25.3 Å². The first-order valence-corrected chi connectivity index (χ1v) is 9.97. The summed E-state index contributed by atoms with van der Waals surface area (Å²) >= 11 is 0. The average molecular weight is 419 g/mol. The molecule has 0 bridgehead atoms. The van der Waals surface area contributed by atoms with E-state index < -0.39 is 29.5 Å². The Morgan fingerprint density at radius 2 is 2.07 bits per heavy atom. The number of benzene rings is 1. The third-order valence-corrected chi connectivity index (χ3v) is 5.67. The highest BCUT2D eigenvalue weighted by Crippen LogP contribution is 2.31. The molecule has 1 aliphatic carbocycles. The second-order valence-corrected chi connectivity index (χ2v) is 7.90. The van der Waals surface area contributed by atoms with Crippen LogP contribution in [-0.4, -0.2) is 54.7 Å². The molecule has 2 aromatic rings. The van der Waals surface area contributed by atoms with Gasteiger partial charge in [-0.1, -0.05) is 5.16 Å². The molecule has 1 aliphatic heterocycles. The van der Waals surface area contributed by atoms with Gasteiger partial charge in [-0.25, -0.2) is 8.78 Å². The van der Waals surface area contributed by atoms with Crippen molar-refractivity contribution >= 4 is 11.9 Å². The molecular weight excluding hydrogens is 396 g/mol. The number of piperidine rings is 1. The molecule has 160 valence electrons. The molecule has 1 amide bonds. The van der Waals surface area contributed by atoms with E-state index in [0.29, 0.717) is 18.9 Å². The van der Waals surface area contributed by atoms with Gasteiger partial charge in [-0.3, -0.25) is 9.59 Å². The molecule has 2 heterocycles. The van der Waals surface area contributed by atoms with E-state index in [1.807, 2.05) is 0 Å². The van der Waals surface area contributed by atoms with Gasteiger partial charge in [-0.2, -0.15) is 0 Å². The Bertz CT molecular complexity index is 944. The van der Waals surface area contributed by atoms with Crippen LogP contribution in [0, 0.1) is 23.5 Å². The van der Waals surface area contributed by atoms with E-state index in [-0.39, 0.29) is 23.0 Å². The van der Waals surface area contributed by atoms with Crippen molar-refractivity contribution in [2.75, 3.05) is 26.7 Å². The Balaban J connectivity index is 1.44. The predicted molar refractivity (Wildman–Crippen MR) is 102 cm³/mol. The second kappa shape index (κ2) is 8.51. The zero-order chi connectivity index (χ0) is 21.3. The van der Waals surface area contributed by atoms with E-state index in [9.17, 15) is 18.4 Å². The van der Waals surface area contributed by atoms with Crippen molar-refractivity contribution in [3.05, 3.63) is 41.7 Å². The van der Waals surface area contributed by atoms with Gasteiger partial charge in [0.15, 0.2) is 0 Å². The van der Waals surface area contributed by atoms with Gasteiger partial charge < -0.3 is 19.5 Å². The van der Waals surface area contributed by atoms with Gasteiger partial charge in [-0.15, -0.1) is 0 Å². The number of nitrogens with one attached hydrogen (secondary N) is 1. The van der Waals surface area contributed by atoms with Crippen LogP contribution in [0.3, 0.4) is 0 Å². The number of methoxy groups -OCH3 is 1. The minimum absolute atomic E-state index is 0.0278. The van der Waals surface area contributed by atoms with Crippen molar-refractivity contribution in [2.24, 2.45) is 11.8 Å². The van der Waals surface area contributed by atoms with Gasteiger partial charge in [-0.05, 0) is 37.3 Å². The molecule has 1 saturated carbocycles. The van der Waals surface area contributed by atoms with Crippen LogP contribution in [0.1, 0.15) is 29.8 Å². The maximum absolute atomic E-state index is 14.0. The molecule has 4 rings (SSSR count). The van der Waals surface area contributed by atoms with Crippen LogP contribution in [0.4, 0.5) is 8.78 Å². The number of aromatic nitrogens is 1. The Morgan fingerprint density at radius 3 is 2.77 bits per heavy atom. The molecule has 2 fully saturated rings. The molecule has 30 heavy (non-hydrogen) atoms. The van der Waals surface area contributed by atoms with Crippen LogP contribution in [0.15, 0.2) is 28.8 Å². The molecule has 1 saturated heterocycles. The van der Waals surface area contributed by atoms with Crippen LogP contribution >= 0.6 is 0 Å². The second-order valence-electron chi connectivity index (χ2n) is 7.90. The van der Waals surface area contributed by atoms with E-state index in [2.05, 4.69) is 15.4 Å². The highest BCUT2D eigenvalue weighted by molar-refractivity contribution is 5.93. The van der Waals surface area contributed by atoms with Crippen molar-refractivity contribution < 1.29 is 27.6 Å². The fourth-order valence-electron chi connectivity index (χ4n) is 3.86. The number of hydrogen-bond acceptors (Lipinski definition) is 6. The van der Waals surface area contributed by atoms with Gasteiger partial charge in [0.2, 0.25) is 5.76 Å². The number of nitrogens with zero attached hydrogens (tertiary/aromatic N) is 2. The molecule has 2 atom stereocenters. The lowest BCUT2D eigenvalue weighted by Crippen LogP contribution is -2.54. The van der Waals surface area contributed by atoms with Crippen LogP contribution in [0.25, 0.3) is 11.3 Å². The summed E-state index contributed by atoms with van der Waals surface area (Å²) in [6, 6.07) is 3.95. The summed E-state index contributed by atoms with van der Waals surface area (Å²) in [5, 5.41) is 6.54. The lowest BCUT2D eigenvalue weighted by atomic mass is 9.91. The molecule has 1 aromatic heterocycles. The number of rotatable bonds is 6. The average Bonchev–Trinajstić information content (AvgIpc) is 3.40. The number of carbonyl (C=O) groups excluding carboxylic acids is 2. The van der Waals surface area contributed by atoms with Crippen LogP contribution in [-0.2, 0) is 9.53 Å². The minimum atomic E-state index is -0.802. The van der Waals surface area contributed by atoms with Crippen molar-refractivity contribution in [1.82, 2.24) is 15.4 Å². The number of esters is 1. The first kappa shape index (κ1) is 20.5. The molecule has 2 unspecified atom stereocenters. The van der Waals surface area contributed by atoms with Crippen LogP contribution in [0.5, 0.6) is 0 Å². The number of ether oxygens (including phenoxy) is 1. The zero-order valence-corrected chi connectivity index (χ0v) is 16.6. The molecule has 9 heteroatoms. The Kier molecular flexibility index (Phi) is 5.80. The molecule has 7 nitrogen and oxygen atoms in total.